The highest BCUT2D eigenvalue weighted by Crippen LogP contribution is 2.09. The first kappa shape index (κ1) is 9.52. The summed E-state index contributed by atoms with van der Waals surface area (Å²) < 4.78 is 0. The van der Waals surface area contributed by atoms with Gasteiger partial charge in [0.2, 0.25) is 5.91 Å². The van der Waals surface area contributed by atoms with Gasteiger partial charge in [0.1, 0.15) is 0 Å². The highest BCUT2D eigenvalue weighted by molar-refractivity contribution is 5.78. The van der Waals surface area contributed by atoms with Crippen molar-refractivity contribution in [1.29, 1.82) is 0 Å². The molecule has 1 saturated heterocycles. The average Bonchev–Trinajstić information content (AvgIpc) is 2.03. The van der Waals surface area contributed by atoms with Gasteiger partial charge in [0.15, 0.2) is 0 Å². The number of piperidine rings is 1. The van der Waals surface area contributed by atoms with Gasteiger partial charge in [0.25, 0.3) is 0 Å². The van der Waals surface area contributed by atoms with Crippen LogP contribution in [0.4, 0.5) is 0 Å². The predicted molar refractivity (Wildman–Crippen MR) is 47.5 cm³/mol. The van der Waals surface area contributed by atoms with E-state index >= 15 is 0 Å². The van der Waals surface area contributed by atoms with Gasteiger partial charge in [-0.15, -0.1) is 0 Å². The zero-order valence-corrected chi connectivity index (χ0v) is 7.97. The summed E-state index contributed by atoms with van der Waals surface area (Å²) in [7, 11) is 7.57. The number of hydrogen-bond acceptors (Lipinski definition) is 1. The zero-order chi connectivity index (χ0) is 9.14. The van der Waals surface area contributed by atoms with Crippen LogP contribution in [0.2, 0.25) is 0 Å². The second-order valence-corrected chi connectivity index (χ2v) is 3.78. The lowest BCUT2D eigenvalue weighted by Gasteiger charge is -2.32. The summed E-state index contributed by atoms with van der Waals surface area (Å²) in [6.45, 7) is 2.01. The average molecular weight is 170 g/mol. The highest BCUT2D eigenvalue weighted by Gasteiger charge is 2.25. The molecule has 0 aromatic heterocycles. The van der Waals surface area contributed by atoms with Crippen LogP contribution in [0.3, 0.4) is 0 Å². The summed E-state index contributed by atoms with van der Waals surface area (Å²) in [4.78, 5) is 14.4. The maximum absolute atomic E-state index is 11.5. The van der Waals surface area contributed by atoms with Crippen LogP contribution in [0.5, 0.6) is 0 Å². The van der Waals surface area contributed by atoms with Crippen molar-refractivity contribution in [1.82, 2.24) is 4.90 Å². The molecule has 70 valence electrons. The quantitative estimate of drug-likeness (QED) is 0.510. The van der Waals surface area contributed by atoms with Gasteiger partial charge in [-0.3, -0.25) is 4.79 Å². The van der Waals surface area contributed by atoms with Gasteiger partial charge in [-0.05, 0) is 12.8 Å². The number of carbonyl (C=O) groups is 1. The molecular formula is C9H18N2O. The predicted octanol–water partition coefficient (Wildman–Crippen LogP) is -0.839. The van der Waals surface area contributed by atoms with E-state index in [-0.39, 0.29) is 11.8 Å². The van der Waals surface area contributed by atoms with Crippen molar-refractivity contribution in [2.24, 2.45) is 5.92 Å². The van der Waals surface area contributed by atoms with Crippen LogP contribution in [0.1, 0.15) is 12.8 Å². The number of hydrogen-bond donors (Lipinski definition) is 1. The molecule has 1 heterocycles. The number of carbonyl (C=O) groups excluding carboxylic acids is 1. The Hall–Kier alpha value is -0.570. The van der Waals surface area contributed by atoms with Gasteiger partial charge in [-0.2, -0.15) is 7.05 Å². The zero-order valence-electron chi connectivity index (χ0n) is 7.97. The summed E-state index contributed by atoms with van der Waals surface area (Å²) >= 11 is 0. The largest absolute Gasteiger partial charge is 0.467 e. The first-order valence-corrected chi connectivity index (χ1v) is 4.49. The molecule has 0 aromatic rings. The van der Waals surface area contributed by atoms with Crippen molar-refractivity contribution < 1.29 is 9.69 Å². The second kappa shape index (κ2) is 3.90. The van der Waals surface area contributed by atoms with Gasteiger partial charge in [-0.25, -0.2) is 0 Å². The van der Waals surface area contributed by atoms with Gasteiger partial charge in [0, 0.05) is 14.1 Å². The molecule has 0 aliphatic carbocycles. The van der Waals surface area contributed by atoms with Crippen molar-refractivity contribution in [2.75, 3.05) is 27.2 Å². The molecule has 1 aliphatic rings. The van der Waals surface area contributed by atoms with E-state index in [4.69, 9.17) is 0 Å². The SMILES string of the molecule is [CH2-][NH+]1CCCC(C(=O)N(C)C)C1. The Morgan fingerprint density at radius 1 is 1.58 bits per heavy atom. The van der Waals surface area contributed by atoms with Crippen LogP contribution in [-0.2, 0) is 4.79 Å². The molecule has 3 nitrogen and oxygen atoms in total. The third-order valence-corrected chi connectivity index (χ3v) is 2.41. The fourth-order valence-corrected chi connectivity index (χ4v) is 1.73. The normalized spacial score (nSPS) is 29.9. The molecule has 1 fully saturated rings. The number of nitrogens with one attached hydrogen (secondary N) is 1. The lowest BCUT2D eigenvalue weighted by Crippen LogP contribution is -3.08. The first-order chi connectivity index (χ1) is 5.61. The molecule has 1 N–H and O–H groups in total. The Balaban J connectivity index is 2.46. The van der Waals surface area contributed by atoms with E-state index in [0.717, 1.165) is 25.9 Å². The molecule has 0 radical (unpaired) electrons. The Kier molecular flexibility index (Phi) is 3.09. The first-order valence-electron chi connectivity index (χ1n) is 4.49. The summed E-state index contributed by atoms with van der Waals surface area (Å²) in [5.41, 5.74) is 0. The Labute approximate surface area is 74.3 Å². The van der Waals surface area contributed by atoms with Gasteiger partial charge < -0.3 is 9.80 Å². The molecule has 2 unspecified atom stereocenters. The fraction of sp³-hybridized carbons (Fsp3) is 0.778. The topological polar surface area (TPSA) is 24.8 Å². The van der Waals surface area contributed by atoms with E-state index in [2.05, 4.69) is 7.05 Å². The van der Waals surface area contributed by atoms with E-state index in [9.17, 15) is 4.79 Å². The van der Waals surface area contributed by atoms with Gasteiger partial charge >= 0.3 is 0 Å². The smallest absolute Gasteiger partial charge is 0.230 e. The Morgan fingerprint density at radius 2 is 2.25 bits per heavy atom. The molecule has 3 heteroatoms. The van der Waals surface area contributed by atoms with E-state index in [0.29, 0.717) is 0 Å². The molecule has 0 saturated carbocycles. The minimum Gasteiger partial charge on any atom is -0.467 e. The molecule has 12 heavy (non-hydrogen) atoms. The van der Waals surface area contributed by atoms with Crippen LogP contribution in [0.25, 0.3) is 0 Å². The number of amides is 1. The highest BCUT2D eigenvalue weighted by atomic mass is 16.2. The third-order valence-electron chi connectivity index (χ3n) is 2.41. The van der Waals surface area contributed by atoms with E-state index in [1.54, 1.807) is 4.90 Å². The number of rotatable bonds is 1. The molecule has 0 bridgehead atoms. The number of nitrogens with zero attached hydrogens (tertiary/aromatic N) is 1. The van der Waals surface area contributed by atoms with Crippen molar-refractivity contribution in [3.8, 4) is 0 Å². The lowest BCUT2D eigenvalue weighted by atomic mass is 9.97. The summed E-state index contributed by atoms with van der Waals surface area (Å²) in [6.07, 6.45) is 2.17. The van der Waals surface area contributed by atoms with Crippen molar-refractivity contribution in [3.63, 3.8) is 0 Å². The monoisotopic (exact) mass is 170 g/mol. The number of quaternary nitrogens is 1. The summed E-state index contributed by atoms with van der Waals surface area (Å²) in [6, 6.07) is 0. The van der Waals surface area contributed by atoms with Crippen LogP contribution in [0.15, 0.2) is 0 Å². The van der Waals surface area contributed by atoms with Crippen LogP contribution < -0.4 is 4.90 Å². The van der Waals surface area contributed by atoms with Gasteiger partial charge in [0.05, 0.1) is 19.0 Å². The van der Waals surface area contributed by atoms with Crippen LogP contribution in [-0.4, -0.2) is 38.0 Å². The van der Waals surface area contributed by atoms with Crippen molar-refractivity contribution >= 4 is 5.91 Å². The molecule has 1 rings (SSSR count). The molecule has 1 aliphatic heterocycles. The van der Waals surface area contributed by atoms with Crippen LogP contribution in [0, 0.1) is 13.0 Å². The maximum atomic E-state index is 11.5. The lowest BCUT2D eigenvalue weighted by molar-refractivity contribution is -0.861. The van der Waals surface area contributed by atoms with E-state index < -0.39 is 0 Å². The minimum atomic E-state index is 0.209. The molecule has 0 spiro atoms. The van der Waals surface area contributed by atoms with E-state index in [1.165, 1.54) is 4.90 Å². The van der Waals surface area contributed by atoms with Crippen molar-refractivity contribution in [3.05, 3.63) is 7.05 Å². The third kappa shape index (κ3) is 2.21. The Bertz CT molecular complexity index is 168. The van der Waals surface area contributed by atoms with E-state index in [1.807, 2.05) is 14.1 Å². The molecule has 1 amide bonds. The molecule has 2 atom stereocenters. The second-order valence-electron chi connectivity index (χ2n) is 3.78. The fourth-order valence-electron chi connectivity index (χ4n) is 1.73. The summed E-state index contributed by atoms with van der Waals surface area (Å²) in [5.74, 6) is 0.470. The van der Waals surface area contributed by atoms with Crippen LogP contribution >= 0.6 is 0 Å². The minimum absolute atomic E-state index is 0.209. The maximum Gasteiger partial charge on any atom is 0.230 e. The molecular weight excluding hydrogens is 152 g/mol. The van der Waals surface area contributed by atoms with Gasteiger partial charge in [-0.1, -0.05) is 0 Å². The summed E-state index contributed by atoms with van der Waals surface area (Å²) in [5, 5.41) is 0. The standard InChI is InChI=1S/C9H18N2O/c1-10(2)9(12)8-5-4-6-11(3)7-8/h8,11H,3-7H2,1-2H3. The number of likely N-dealkylation sites (tertiary alicyclic amines) is 1. The Morgan fingerprint density at radius 3 is 2.75 bits per heavy atom. The molecule has 0 aromatic carbocycles. The van der Waals surface area contributed by atoms with Crippen molar-refractivity contribution in [2.45, 2.75) is 12.8 Å².